The molecule has 8 nitrogen and oxygen atoms in total. The number of carbonyl (C=O) groups is 2. The Morgan fingerprint density at radius 2 is 1.72 bits per heavy atom. The van der Waals surface area contributed by atoms with Crippen molar-refractivity contribution in [1.82, 2.24) is 14.9 Å². The number of nitrogens with one attached hydrogen (secondary N) is 2. The summed E-state index contributed by atoms with van der Waals surface area (Å²) in [5, 5.41) is 2.46. The van der Waals surface area contributed by atoms with Gasteiger partial charge in [0.2, 0.25) is 10.0 Å². The van der Waals surface area contributed by atoms with Crippen LogP contribution >= 0.6 is 0 Å². The van der Waals surface area contributed by atoms with Crippen LogP contribution in [0.15, 0.2) is 45.7 Å². The maximum atomic E-state index is 12.3. The van der Waals surface area contributed by atoms with Gasteiger partial charge in [-0.25, -0.2) is 13.1 Å². The van der Waals surface area contributed by atoms with Crippen LogP contribution in [0.1, 0.15) is 26.7 Å². The molecule has 0 aliphatic rings. The van der Waals surface area contributed by atoms with Gasteiger partial charge in [-0.2, -0.15) is 0 Å². The van der Waals surface area contributed by atoms with Crippen molar-refractivity contribution in [1.29, 1.82) is 0 Å². The lowest BCUT2D eigenvalue weighted by Crippen LogP contribution is -2.23. The van der Waals surface area contributed by atoms with Gasteiger partial charge in [0.15, 0.2) is 5.76 Å². The van der Waals surface area contributed by atoms with Crippen LogP contribution in [-0.4, -0.2) is 46.3 Å². The number of amides is 2. The predicted octanol–water partition coefficient (Wildman–Crippen LogP) is 0.819. The Morgan fingerprint density at radius 3 is 2.28 bits per heavy atom. The minimum atomic E-state index is -3.77. The first kappa shape index (κ1) is 18.7. The van der Waals surface area contributed by atoms with E-state index in [1.54, 1.807) is 14.1 Å². The normalized spacial score (nSPS) is 11.2. The summed E-state index contributed by atoms with van der Waals surface area (Å²) in [4.78, 5) is 24.6. The van der Waals surface area contributed by atoms with E-state index in [0.717, 1.165) is 0 Å². The molecule has 0 saturated carbocycles. The molecule has 0 atom stereocenters. The Bertz CT molecular complexity index is 869. The third-order valence-corrected chi connectivity index (χ3v) is 4.79. The van der Waals surface area contributed by atoms with Gasteiger partial charge >= 0.3 is 0 Å². The van der Waals surface area contributed by atoms with Gasteiger partial charge in [-0.05, 0) is 36.4 Å². The SMILES string of the molecule is CNC(=O)c1ccc(S(=O)(=O)NCc2ccc(C(=O)N(C)C)o2)cc1. The van der Waals surface area contributed by atoms with Crippen LogP contribution in [0.25, 0.3) is 0 Å². The number of nitrogens with zero attached hydrogens (tertiary/aromatic N) is 1. The smallest absolute Gasteiger partial charge is 0.289 e. The average Bonchev–Trinajstić information content (AvgIpc) is 3.07. The van der Waals surface area contributed by atoms with Gasteiger partial charge in [-0.3, -0.25) is 9.59 Å². The zero-order valence-electron chi connectivity index (χ0n) is 14.1. The number of hydrogen-bond acceptors (Lipinski definition) is 5. The fraction of sp³-hybridized carbons (Fsp3) is 0.250. The highest BCUT2D eigenvalue weighted by Gasteiger charge is 2.17. The molecular weight excluding hydrogens is 346 g/mol. The molecule has 0 aliphatic carbocycles. The van der Waals surface area contributed by atoms with Gasteiger partial charge < -0.3 is 14.6 Å². The molecule has 0 bridgehead atoms. The van der Waals surface area contributed by atoms with Crippen molar-refractivity contribution in [3.63, 3.8) is 0 Å². The lowest BCUT2D eigenvalue weighted by Gasteiger charge is -2.08. The fourth-order valence-corrected chi connectivity index (χ4v) is 2.98. The summed E-state index contributed by atoms with van der Waals surface area (Å²) >= 11 is 0. The lowest BCUT2D eigenvalue weighted by atomic mass is 10.2. The zero-order chi connectivity index (χ0) is 18.6. The molecule has 134 valence electrons. The molecule has 25 heavy (non-hydrogen) atoms. The van der Waals surface area contributed by atoms with E-state index in [9.17, 15) is 18.0 Å². The van der Waals surface area contributed by atoms with E-state index >= 15 is 0 Å². The Kier molecular flexibility index (Phi) is 5.60. The van der Waals surface area contributed by atoms with Crippen molar-refractivity contribution in [2.45, 2.75) is 11.4 Å². The molecule has 1 heterocycles. The Labute approximate surface area is 145 Å². The molecule has 0 unspecified atom stereocenters. The van der Waals surface area contributed by atoms with Crippen molar-refractivity contribution in [2.75, 3.05) is 21.1 Å². The molecular formula is C16H19N3O5S. The second-order valence-electron chi connectivity index (χ2n) is 5.39. The number of rotatable bonds is 6. The third kappa shape index (κ3) is 4.46. The lowest BCUT2D eigenvalue weighted by molar-refractivity contribution is 0.0794. The van der Waals surface area contributed by atoms with Crippen LogP contribution in [-0.2, 0) is 16.6 Å². The molecule has 0 spiro atoms. The minimum absolute atomic E-state index is 0.0244. The monoisotopic (exact) mass is 365 g/mol. The maximum Gasteiger partial charge on any atom is 0.289 e. The van der Waals surface area contributed by atoms with E-state index in [2.05, 4.69) is 10.0 Å². The van der Waals surface area contributed by atoms with E-state index < -0.39 is 10.0 Å². The molecule has 2 aromatic rings. The predicted molar refractivity (Wildman–Crippen MR) is 90.6 cm³/mol. The molecule has 0 aliphatic heterocycles. The number of sulfonamides is 1. The summed E-state index contributed by atoms with van der Waals surface area (Å²) < 4.78 is 32.3. The van der Waals surface area contributed by atoms with E-state index in [-0.39, 0.29) is 29.0 Å². The third-order valence-electron chi connectivity index (χ3n) is 3.37. The van der Waals surface area contributed by atoms with Crippen LogP contribution < -0.4 is 10.0 Å². The van der Waals surface area contributed by atoms with Crippen LogP contribution in [0, 0.1) is 0 Å². The second-order valence-corrected chi connectivity index (χ2v) is 7.16. The molecule has 1 aromatic heterocycles. The Balaban J connectivity index is 2.07. The first-order valence-electron chi connectivity index (χ1n) is 7.37. The van der Waals surface area contributed by atoms with Crippen LogP contribution in [0.2, 0.25) is 0 Å². The number of hydrogen-bond donors (Lipinski definition) is 2. The highest BCUT2D eigenvalue weighted by molar-refractivity contribution is 7.89. The highest BCUT2D eigenvalue weighted by Crippen LogP contribution is 2.13. The minimum Gasteiger partial charge on any atom is -0.455 e. The summed E-state index contributed by atoms with van der Waals surface area (Å²) in [6.45, 7) is -0.0970. The van der Waals surface area contributed by atoms with Crippen molar-refractivity contribution < 1.29 is 22.4 Å². The Hall–Kier alpha value is -2.65. The zero-order valence-corrected chi connectivity index (χ0v) is 14.9. The summed E-state index contributed by atoms with van der Waals surface area (Å²) in [6, 6.07) is 8.56. The molecule has 2 amide bonds. The largest absolute Gasteiger partial charge is 0.455 e. The van der Waals surface area contributed by atoms with Crippen molar-refractivity contribution in [2.24, 2.45) is 0 Å². The van der Waals surface area contributed by atoms with Crippen molar-refractivity contribution in [3.8, 4) is 0 Å². The molecule has 1 aromatic carbocycles. The van der Waals surface area contributed by atoms with Gasteiger partial charge in [0.05, 0.1) is 11.4 Å². The van der Waals surface area contributed by atoms with Crippen LogP contribution in [0.3, 0.4) is 0 Å². The highest BCUT2D eigenvalue weighted by atomic mass is 32.2. The number of furan rings is 1. The van der Waals surface area contributed by atoms with Crippen molar-refractivity contribution in [3.05, 3.63) is 53.5 Å². The first-order valence-corrected chi connectivity index (χ1v) is 8.85. The Morgan fingerprint density at radius 1 is 1.08 bits per heavy atom. The van der Waals surface area contributed by atoms with Gasteiger partial charge in [-0.15, -0.1) is 0 Å². The average molecular weight is 365 g/mol. The summed E-state index contributed by atoms with van der Waals surface area (Å²) in [6.07, 6.45) is 0. The molecule has 9 heteroatoms. The molecule has 0 saturated heterocycles. The quantitative estimate of drug-likeness (QED) is 0.788. The van der Waals surface area contributed by atoms with Gasteiger partial charge in [-0.1, -0.05) is 0 Å². The summed E-state index contributed by atoms with van der Waals surface area (Å²) in [7, 11) is 0.907. The van der Waals surface area contributed by atoms with E-state index in [4.69, 9.17) is 4.42 Å². The topological polar surface area (TPSA) is 109 Å². The molecule has 2 N–H and O–H groups in total. The van der Waals surface area contributed by atoms with Gasteiger partial charge in [0.25, 0.3) is 11.8 Å². The first-order chi connectivity index (χ1) is 11.7. The summed E-state index contributed by atoms with van der Waals surface area (Å²) in [5.74, 6) is -0.158. The standard InChI is InChI=1S/C16H19N3O5S/c1-17-15(20)11-4-7-13(8-5-11)25(22,23)18-10-12-6-9-14(24-12)16(21)19(2)3/h4-9,18H,10H2,1-3H3,(H,17,20). The van der Waals surface area contributed by atoms with E-state index in [1.807, 2.05) is 0 Å². The van der Waals surface area contributed by atoms with Crippen LogP contribution in [0.4, 0.5) is 0 Å². The summed E-state index contributed by atoms with van der Waals surface area (Å²) in [5.41, 5.74) is 0.360. The molecule has 2 rings (SSSR count). The molecule has 0 fully saturated rings. The fourth-order valence-electron chi connectivity index (χ4n) is 1.99. The second kappa shape index (κ2) is 7.49. The number of carbonyl (C=O) groups excluding carboxylic acids is 2. The number of benzene rings is 1. The van der Waals surface area contributed by atoms with E-state index in [1.165, 1.54) is 48.3 Å². The van der Waals surface area contributed by atoms with E-state index in [0.29, 0.717) is 11.3 Å². The van der Waals surface area contributed by atoms with Gasteiger partial charge in [0, 0.05) is 26.7 Å². The molecule has 0 radical (unpaired) electrons. The van der Waals surface area contributed by atoms with Crippen molar-refractivity contribution >= 4 is 21.8 Å². The van der Waals surface area contributed by atoms with Crippen LogP contribution in [0.5, 0.6) is 0 Å². The maximum absolute atomic E-state index is 12.3. The van der Waals surface area contributed by atoms with Gasteiger partial charge in [0.1, 0.15) is 5.76 Å².